The number of methoxy groups -OCH3 is 1. The molecule has 0 N–H and O–H groups in total. The molecule has 0 radical (unpaired) electrons. The van der Waals surface area contributed by atoms with Crippen molar-refractivity contribution >= 4 is 17.1 Å². The Balaban J connectivity index is 1.90. The predicted molar refractivity (Wildman–Crippen MR) is 106 cm³/mol. The van der Waals surface area contributed by atoms with Crippen molar-refractivity contribution in [3.05, 3.63) is 59.4 Å². The van der Waals surface area contributed by atoms with Gasteiger partial charge in [-0.2, -0.15) is 0 Å². The van der Waals surface area contributed by atoms with E-state index in [0.29, 0.717) is 19.0 Å². The number of pyridine rings is 1. The van der Waals surface area contributed by atoms with Crippen LogP contribution < -0.4 is 4.74 Å². The van der Waals surface area contributed by atoms with Crippen molar-refractivity contribution in [2.75, 3.05) is 12.9 Å². The molecular formula is C20H26N2O3S. The fraction of sp³-hybridized carbons (Fsp3) is 0.400. The Kier molecular flexibility index (Phi) is 8.61. The van der Waals surface area contributed by atoms with Gasteiger partial charge in [-0.15, -0.1) is 0 Å². The lowest BCUT2D eigenvalue weighted by molar-refractivity contribution is 0.104. The van der Waals surface area contributed by atoms with Gasteiger partial charge in [0.25, 0.3) is 0 Å². The molecule has 0 unspecified atom stereocenters. The second-order valence-electron chi connectivity index (χ2n) is 5.93. The summed E-state index contributed by atoms with van der Waals surface area (Å²) >= 11 is -1.16. The summed E-state index contributed by atoms with van der Waals surface area (Å²) in [6, 6.07) is 11.6. The molecule has 2 aromatic rings. The van der Waals surface area contributed by atoms with E-state index in [4.69, 9.17) is 9.47 Å². The molecule has 1 heterocycles. The fourth-order valence-corrected chi connectivity index (χ4v) is 3.33. The largest absolute Gasteiger partial charge is 0.591 e. The maximum Gasteiger partial charge on any atom is 0.133 e. The van der Waals surface area contributed by atoms with Crippen molar-refractivity contribution in [3.63, 3.8) is 0 Å². The molecule has 0 spiro atoms. The molecule has 5 nitrogen and oxygen atoms in total. The SMILES string of the molecule is CCCC[S@@+]([O-])/N=C(/C)c1ccnc(COCc2ccc(OC)cc2)c1. The van der Waals surface area contributed by atoms with Crippen LogP contribution in [-0.4, -0.2) is 28.1 Å². The molecule has 0 amide bonds. The van der Waals surface area contributed by atoms with E-state index in [1.807, 2.05) is 43.3 Å². The summed E-state index contributed by atoms with van der Waals surface area (Å²) in [5.74, 6) is 1.44. The molecule has 0 aliphatic carbocycles. The number of benzene rings is 1. The van der Waals surface area contributed by atoms with Gasteiger partial charge in [0.2, 0.25) is 0 Å². The van der Waals surface area contributed by atoms with Gasteiger partial charge >= 0.3 is 0 Å². The summed E-state index contributed by atoms with van der Waals surface area (Å²) in [5, 5.41) is 0. The molecule has 6 heteroatoms. The van der Waals surface area contributed by atoms with E-state index in [0.717, 1.165) is 41.1 Å². The van der Waals surface area contributed by atoms with Crippen molar-refractivity contribution in [1.29, 1.82) is 0 Å². The molecule has 2 rings (SSSR count). The lowest BCUT2D eigenvalue weighted by Crippen LogP contribution is -2.07. The minimum absolute atomic E-state index is 0.409. The van der Waals surface area contributed by atoms with Crippen molar-refractivity contribution < 1.29 is 14.0 Å². The Hall–Kier alpha value is -1.89. The van der Waals surface area contributed by atoms with Gasteiger partial charge in [0.1, 0.15) is 11.5 Å². The summed E-state index contributed by atoms with van der Waals surface area (Å²) in [6.07, 6.45) is 3.67. The van der Waals surface area contributed by atoms with Gasteiger partial charge in [0.15, 0.2) is 0 Å². The van der Waals surface area contributed by atoms with Crippen molar-refractivity contribution in [1.82, 2.24) is 4.98 Å². The molecule has 0 bridgehead atoms. The lowest BCUT2D eigenvalue weighted by Gasteiger charge is -2.08. The first-order valence-electron chi connectivity index (χ1n) is 8.72. The van der Waals surface area contributed by atoms with E-state index in [1.54, 1.807) is 13.3 Å². The molecule has 1 atom stereocenters. The highest BCUT2D eigenvalue weighted by molar-refractivity contribution is 7.90. The summed E-state index contributed by atoms with van der Waals surface area (Å²) in [5.41, 5.74) is 3.59. The molecule has 0 saturated carbocycles. The van der Waals surface area contributed by atoms with Crippen LogP contribution >= 0.6 is 0 Å². The zero-order valence-corrected chi connectivity index (χ0v) is 16.4. The first-order valence-corrected chi connectivity index (χ1v) is 9.99. The maximum absolute atomic E-state index is 11.9. The summed E-state index contributed by atoms with van der Waals surface area (Å²) in [7, 11) is 1.65. The number of hydrogen-bond acceptors (Lipinski definition) is 5. The van der Waals surface area contributed by atoms with Gasteiger partial charge in [-0.1, -0.05) is 29.9 Å². The zero-order valence-electron chi connectivity index (χ0n) is 15.6. The average Bonchev–Trinajstić information content (AvgIpc) is 2.67. The normalized spacial score (nSPS) is 12.8. The van der Waals surface area contributed by atoms with E-state index in [-0.39, 0.29) is 0 Å². The third-order valence-electron chi connectivity index (χ3n) is 3.82. The minimum atomic E-state index is -1.16. The number of ether oxygens (including phenoxy) is 2. The molecule has 1 aromatic heterocycles. The molecule has 140 valence electrons. The Morgan fingerprint density at radius 2 is 1.96 bits per heavy atom. The second-order valence-corrected chi connectivity index (χ2v) is 7.17. The summed E-state index contributed by atoms with van der Waals surface area (Å²) < 4.78 is 27.1. The smallest absolute Gasteiger partial charge is 0.133 e. The first-order chi connectivity index (χ1) is 12.6. The van der Waals surface area contributed by atoms with Crippen LogP contribution in [0.5, 0.6) is 5.75 Å². The predicted octanol–water partition coefficient (Wildman–Crippen LogP) is 4.08. The molecule has 0 fully saturated rings. The molecular weight excluding hydrogens is 348 g/mol. The molecule has 0 aliphatic rings. The highest BCUT2D eigenvalue weighted by Crippen LogP contribution is 2.13. The van der Waals surface area contributed by atoms with Crippen LogP contribution in [-0.2, 0) is 29.3 Å². The summed E-state index contributed by atoms with van der Waals surface area (Å²) in [4.78, 5) is 4.33. The number of nitrogens with zero attached hydrogens (tertiary/aromatic N) is 2. The fourth-order valence-electron chi connectivity index (χ4n) is 2.30. The van der Waals surface area contributed by atoms with Gasteiger partial charge in [-0.05, 0) is 43.2 Å². The van der Waals surface area contributed by atoms with Gasteiger partial charge in [0, 0.05) is 11.8 Å². The topological polar surface area (TPSA) is 66.8 Å². The monoisotopic (exact) mass is 374 g/mol. The van der Waals surface area contributed by atoms with Crippen molar-refractivity contribution in [2.24, 2.45) is 4.40 Å². The van der Waals surface area contributed by atoms with Gasteiger partial charge < -0.3 is 14.0 Å². The van der Waals surface area contributed by atoms with Crippen molar-refractivity contribution in [3.8, 4) is 5.75 Å². The standard InChI is InChI=1S/C20H26N2O3S/c1-4-5-12-26(23)22-16(2)18-10-11-21-19(13-18)15-25-14-17-6-8-20(24-3)9-7-17/h6-11,13H,4-5,12,14-15H2,1-3H3/b22-16-/t26-/m1/s1. The summed E-state index contributed by atoms with van der Waals surface area (Å²) in [6.45, 7) is 4.87. The quantitative estimate of drug-likeness (QED) is 0.464. The second kappa shape index (κ2) is 11.0. The van der Waals surface area contributed by atoms with Crippen LogP contribution in [0.25, 0.3) is 0 Å². The van der Waals surface area contributed by atoms with E-state index in [9.17, 15) is 4.55 Å². The van der Waals surface area contributed by atoms with E-state index in [1.165, 1.54) is 0 Å². The van der Waals surface area contributed by atoms with Crippen LogP contribution in [0.4, 0.5) is 0 Å². The minimum Gasteiger partial charge on any atom is -0.591 e. The first kappa shape index (κ1) is 20.4. The van der Waals surface area contributed by atoms with Gasteiger partial charge in [-0.25, -0.2) is 0 Å². The Labute approximate surface area is 158 Å². The van der Waals surface area contributed by atoms with Crippen LogP contribution in [0.1, 0.15) is 43.5 Å². The number of aromatic nitrogens is 1. The van der Waals surface area contributed by atoms with Crippen LogP contribution in [0, 0.1) is 0 Å². The molecule has 26 heavy (non-hydrogen) atoms. The van der Waals surface area contributed by atoms with E-state index < -0.39 is 11.4 Å². The third kappa shape index (κ3) is 6.78. The Bertz CT molecular complexity index is 704. The van der Waals surface area contributed by atoms with Gasteiger partial charge in [0.05, 0.1) is 43.1 Å². The number of unbranched alkanes of at least 4 members (excludes halogenated alkanes) is 1. The van der Waals surface area contributed by atoms with E-state index >= 15 is 0 Å². The number of hydrogen-bond donors (Lipinski definition) is 0. The van der Waals surface area contributed by atoms with E-state index in [2.05, 4.69) is 16.3 Å². The highest BCUT2D eigenvalue weighted by atomic mass is 32.2. The third-order valence-corrected chi connectivity index (χ3v) is 4.94. The zero-order chi connectivity index (χ0) is 18.8. The van der Waals surface area contributed by atoms with Crippen LogP contribution in [0.15, 0.2) is 47.0 Å². The van der Waals surface area contributed by atoms with Crippen LogP contribution in [0.2, 0.25) is 0 Å². The Morgan fingerprint density at radius 3 is 2.65 bits per heavy atom. The maximum atomic E-state index is 11.9. The molecule has 0 saturated heterocycles. The molecule has 1 aromatic carbocycles. The van der Waals surface area contributed by atoms with Gasteiger partial charge in [-0.3, -0.25) is 4.98 Å². The Morgan fingerprint density at radius 1 is 1.19 bits per heavy atom. The highest BCUT2D eigenvalue weighted by Gasteiger charge is 2.08. The lowest BCUT2D eigenvalue weighted by atomic mass is 10.1. The molecule has 0 aliphatic heterocycles. The van der Waals surface area contributed by atoms with Crippen molar-refractivity contribution in [2.45, 2.75) is 39.9 Å². The number of rotatable bonds is 10. The average molecular weight is 375 g/mol. The van der Waals surface area contributed by atoms with Crippen LogP contribution in [0.3, 0.4) is 0 Å².